The smallest absolute Gasteiger partial charge is 0.331 e. The number of aryl methyl sites for hydroxylation is 1. The molecule has 7 aliphatic rings. The van der Waals surface area contributed by atoms with Gasteiger partial charge in [0.15, 0.2) is 40.0 Å². The van der Waals surface area contributed by atoms with Crippen molar-refractivity contribution in [3.05, 3.63) is 62.7 Å². The maximum atomic E-state index is 14.9. The van der Waals surface area contributed by atoms with E-state index in [4.69, 9.17) is 28.4 Å². The van der Waals surface area contributed by atoms with Crippen LogP contribution in [0.1, 0.15) is 68.8 Å². The number of rotatable bonds is 6. The number of likely N-dealkylation sites (N-methyl/N-ethyl adjacent to an activating group) is 1. The molecule has 0 radical (unpaired) electrons. The molecular weight excluding hydrogens is 771 g/mol. The molecule has 306 valence electrons. The summed E-state index contributed by atoms with van der Waals surface area (Å²) >= 11 is 1.43. The van der Waals surface area contributed by atoms with Crippen LogP contribution < -0.4 is 29.0 Å². The van der Waals surface area contributed by atoms with Crippen molar-refractivity contribution in [3.63, 3.8) is 0 Å². The lowest BCUT2D eigenvalue weighted by Crippen LogP contribution is -2.71. The molecule has 3 aromatic rings. The average Bonchev–Trinajstić information content (AvgIpc) is 3.69. The summed E-state index contributed by atoms with van der Waals surface area (Å²) in [7, 11) is 4.90. The highest BCUT2D eigenvalue weighted by Crippen LogP contribution is 2.65. The first kappa shape index (κ1) is 38.5. The number of carbonyl (C=O) groups is 4. The Hall–Kier alpha value is -5.03. The highest BCUT2D eigenvalue weighted by molar-refractivity contribution is 7.99. The number of nitrogens with one attached hydrogen (secondary N) is 1. The Labute approximate surface area is 338 Å². The molecule has 0 amide bonds. The van der Waals surface area contributed by atoms with Crippen molar-refractivity contribution >= 4 is 36.3 Å². The molecule has 2 fully saturated rings. The van der Waals surface area contributed by atoms with Crippen molar-refractivity contribution in [3.8, 4) is 40.2 Å². The number of thioether (sulfide) groups is 1. The Morgan fingerprint density at radius 2 is 1.78 bits per heavy atom. The first-order valence-electron chi connectivity index (χ1n) is 19.3. The molecule has 0 aliphatic carbocycles. The number of aldehydes is 2. The van der Waals surface area contributed by atoms with Gasteiger partial charge in [0.05, 0.1) is 37.5 Å². The van der Waals surface area contributed by atoms with Crippen LogP contribution in [0.15, 0.2) is 18.2 Å². The van der Waals surface area contributed by atoms with Gasteiger partial charge in [0.1, 0.15) is 24.9 Å². The molecule has 10 rings (SSSR count). The molecule has 7 aliphatic heterocycles. The number of methoxy groups -OCH3 is 2. The van der Waals surface area contributed by atoms with Crippen LogP contribution in [0.5, 0.6) is 40.2 Å². The number of hydrogen-bond donors (Lipinski definition) is 3. The summed E-state index contributed by atoms with van der Waals surface area (Å²) < 4.78 is 36.2. The molecule has 0 saturated carbocycles. The number of fused-ring (bicyclic) bond motifs is 9. The normalized spacial score (nSPS) is 28.2. The topological polar surface area (TPSA) is 183 Å². The minimum Gasteiger partial charge on any atom is -0.504 e. The fourth-order valence-electron chi connectivity index (χ4n) is 10.7. The summed E-state index contributed by atoms with van der Waals surface area (Å²) in [6, 6.07) is 2.08. The molecule has 3 N–H and O–H groups in total. The van der Waals surface area contributed by atoms with E-state index in [0.29, 0.717) is 77.0 Å². The van der Waals surface area contributed by atoms with Crippen LogP contribution in [0.25, 0.3) is 0 Å². The number of carbonyl (C=O) groups excluding carboxylic acids is 4. The number of phenolic OH excluding ortho intramolecular Hbond substituents is 2. The van der Waals surface area contributed by atoms with E-state index in [0.717, 1.165) is 16.7 Å². The molecule has 15 nitrogen and oxygen atoms in total. The van der Waals surface area contributed by atoms with Gasteiger partial charge in [0.2, 0.25) is 6.79 Å². The third-order valence-corrected chi connectivity index (χ3v) is 14.5. The molecular formula is C42H45N3O12S. The van der Waals surface area contributed by atoms with Gasteiger partial charge in [-0.05, 0) is 68.1 Å². The largest absolute Gasteiger partial charge is 0.504 e. The van der Waals surface area contributed by atoms with Gasteiger partial charge in [-0.1, -0.05) is 6.07 Å². The van der Waals surface area contributed by atoms with E-state index < -0.39 is 58.9 Å². The Morgan fingerprint density at radius 1 is 1.02 bits per heavy atom. The van der Waals surface area contributed by atoms with Crippen LogP contribution in [0.2, 0.25) is 0 Å². The minimum atomic E-state index is -1.42. The molecule has 2 unspecified atom stereocenters. The SMILES string of the molecule is COc1cc2c(cc1O)CCN[C@]21CS[C@@H]2c3c(OC(C)=O)c(C)c4c(c3[C@H](COC1=O)N1[C@@H](C(C=O)C=O)C3Cc5cc(C)c(OC)c(O)c5C([C@H]21)N3C)OCO4. The number of piperazine rings is 1. The number of phenols is 2. The van der Waals surface area contributed by atoms with Gasteiger partial charge in [-0.3, -0.25) is 19.9 Å². The van der Waals surface area contributed by atoms with Crippen molar-refractivity contribution in [2.24, 2.45) is 5.92 Å². The number of hydrogen-bond acceptors (Lipinski definition) is 16. The summed E-state index contributed by atoms with van der Waals surface area (Å²) in [6.07, 6.45) is 2.27. The molecule has 7 atom stereocenters. The number of ether oxygens (including phenoxy) is 6. The molecule has 16 heteroatoms. The maximum absolute atomic E-state index is 14.9. The minimum absolute atomic E-state index is 0.00790. The van der Waals surface area contributed by atoms with Crippen LogP contribution in [0.3, 0.4) is 0 Å². The van der Waals surface area contributed by atoms with E-state index in [1.807, 2.05) is 20.0 Å². The number of aromatic hydroxyl groups is 2. The van der Waals surface area contributed by atoms with E-state index in [1.54, 1.807) is 19.1 Å². The zero-order valence-electron chi connectivity index (χ0n) is 33.0. The van der Waals surface area contributed by atoms with E-state index >= 15 is 0 Å². The highest BCUT2D eigenvalue weighted by Gasteiger charge is 2.62. The second-order valence-electron chi connectivity index (χ2n) is 15.9. The Bertz CT molecular complexity index is 2280. The predicted molar refractivity (Wildman–Crippen MR) is 208 cm³/mol. The number of esters is 2. The summed E-state index contributed by atoms with van der Waals surface area (Å²) in [5.74, 6) is -0.576. The van der Waals surface area contributed by atoms with E-state index in [9.17, 15) is 29.4 Å². The van der Waals surface area contributed by atoms with E-state index in [2.05, 4.69) is 15.1 Å². The van der Waals surface area contributed by atoms with Gasteiger partial charge in [-0.15, -0.1) is 11.8 Å². The van der Waals surface area contributed by atoms with Crippen molar-refractivity contribution in [1.29, 1.82) is 0 Å². The third kappa shape index (κ3) is 5.30. The maximum Gasteiger partial charge on any atom is 0.331 e. The lowest BCUT2D eigenvalue weighted by Gasteiger charge is -2.64. The molecule has 1 spiro atoms. The number of nitrogens with zero attached hydrogens (tertiary/aromatic N) is 2. The molecule has 7 heterocycles. The Kier molecular flexibility index (Phi) is 9.33. The summed E-state index contributed by atoms with van der Waals surface area (Å²) in [6.45, 7) is 5.03. The molecule has 2 saturated heterocycles. The van der Waals surface area contributed by atoms with E-state index in [-0.39, 0.29) is 42.2 Å². The van der Waals surface area contributed by atoms with Crippen molar-refractivity contribution in [1.82, 2.24) is 15.1 Å². The zero-order chi connectivity index (χ0) is 40.9. The van der Waals surface area contributed by atoms with Crippen LogP contribution in [-0.4, -0.2) is 110 Å². The first-order valence-corrected chi connectivity index (χ1v) is 20.3. The van der Waals surface area contributed by atoms with Gasteiger partial charge in [-0.25, -0.2) is 4.79 Å². The third-order valence-electron chi connectivity index (χ3n) is 13.1. The predicted octanol–water partition coefficient (Wildman–Crippen LogP) is 3.48. The molecule has 0 aromatic heterocycles. The molecule has 58 heavy (non-hydrogen) atoms. The fraction of sp³-hybridized carbons (Fsp3) is 0.476. The lowest BCUT2D eigenvalue weighted by molar-refractivity contribution is -0.162. The zero-order valence-corrected chi connectivity index (χ0v) is 33.8. The number of benzene rings is 3. The van der Waals surface area contributed by atoms with Crippen LogP contribution in [-0.2, 0) is 42.3 Å². The van der Waals surface area contributed by atoms with Crippen molar-refractivity contribution < 1.29 is 57.8 Å². The second-order valence-corrected chi connectivity index (χ2v) is 17.0. The standard InChI is InChI=1S/C42H45N3O12S/c1-18-9-22-10-25-32(23(13-46)14-47)45-26-15-54-41(51)42(24-12-28(52-5)27(49)11-21(24)7-8-43-42)16-58-40(34(45)33(44(25)4)29(22)35(50)36(18)53-6)31-30(26)39-38(55-17-56-39)19(2)37(31)57-20(3)48/h9,11-14,23,25-26,32-34,40,43,49-50H,7-8,10,15-17H2,1-6H3/t25?,26-,32-,33?,34+,40+,42+/m0/s1. The summed E-state index contributed by atoms with van der Waals surface area (Å²) in [4.78, 5) is 58.2. The van der Waals surface area contributed by atoms with Crippen LogP contribution in [0.4, 0.5) is 0 Å². The summed E-state index contributed by atoms with van der Waals surface area (Å²) in [5.41, 5.74) is 3.94. The highest BCUT2D eigenvalue weighted by atomic mass is 32.2. The van der Waals surface area contributed by atoms with E-state index in [1.165, 1.54) is 32.9 Å². The summed E-state index contributed by atoms with van der Waals surface area (Å²) in [5, 5.41) is 25.8. The molecule has 3 aromatic carbocycles. The second kappa shape index (κ2) is 14.1. The quantitative estimate of drug-likeness (QED) is 0.142. The fourth-order valence-corrected chi connectivity index (χ4v) is 12.4. The monoisotopic (exact) mass is 815 g/mol. The van der Waals surface area contributed by atoms with Gasteiger partial charge in [0, 0.05) is 59.6 Å². The van der Waals surface area contributed by atoms with Crippen LogP contribution in [0, 0.1) is 19.8 Å². The van der Waals surface area contributed by atoms with Gasteiger partial charge in [-0.2, -0.15) is 0 Å². The Balaban J connectivity index is 1.36. The first-order chi connectivity index (χ1) is 27.9. The van der Waals surface area contributed by atoms with Gasteiger partial charge >= 0.3 is 11.9 Å². The van der Waals surface area contributed by atoms with Gasteiger partial charge < -0.3 is 48.2 Å². The van der Waals surface area contributed by atoms with Crippen molar-refractivity contribution in [2.45, 2.75) is 74.6 Å². The van der Waals surface area contributed by atoms with Crippen molar-refractivity contribution in [2.75, 3.05) is 47.0 Å². The lowest BCUT2D eigenvalue weighted by atomic mass is 9.69. The van der Waals surface area contributed by atoms with Crippen LogP contribution >= 0.6 is 11.8 Å². The average molecular weight is 816 g/mol. The Morgan fingerprint density at radius 3 is 2.48 bits per heavy atom. The molecule has 4 bridgehead atoms. The van der Waals surface area contributed by atoms with Gasteiger partial charge in [0.25, 0.3) is 0 Å².